The summed E-state index contributed by atoms with van der Waals surface area (Å²) in [5.41, 5.74) is 1.77. The Hall–Kier alpha value is -2.41. The lowest BCUT2D eigenvalue weighted by atomic mass is 9.92. The highest BCUT2D eigenvalue weighted by Crippen LogP contribution is 2.36. The Morgan fingerprint density at radius 1 is 1.17 bits per heavy atom. The molecule has 2 aromatic rings. The van der Waals surface area contributed by atoms with Gasteiger partial charge in [-0.15, -0.1) is 10.2 Å². The smallest absolute Gasteiger partial charge is 0.325 e. The number of piperidine rings is 1. The van der Waals surface area contributed by atoms with E-state index in [0.29, 0.717) is 11.7 Å². The van der Waals surface area contributed by atoms with E-state index in [2.05, 4.69) is 19.7 Å². The summed E-state index contributed by atoms with van der Waals surface area (Å²) in [6.07, 6.45) is 6.44. The molecular formula is C22H30N4O3. The molecule has 2 aliphatic heterocycles. The number of aromatic nitrogens is 3. The number of carboxylic acid groups (broad SMARTS) is 1. The monoisotopic (exact) mass is 398 g/mol. The van der Waals surface area contributed by atoms with Gasteiger partial charge in [0.2, 0.25) is 0 Å². The van der Waals surface area contributed by atoms with Gasteiger partial charge in [-0.3, -0.25) is 9.69 Å². The van der Waals surface area contributed by atoms with E-state index in [0.717, 1.165) is 61.7 Å². The third kappa shape index (κ3) is 4.01. The van der Waals surface area contributed by atoms with E-state index in [4.69, 9.17) is 4.74 Å². The molecule has 0 spiro atoms. The highest BCUT2D eigenvalue weighted by atomic mass is 16.5. The third-order valence-electron chi connectivity index (χ3n) is 6.31. The van der Waals surface area contributed by atoms with Crippen LogP contribution in [0.15, 0.2) is 18.2 Å². The molecule has 2 aliphatic rings. The Kier molecular flexibility index (Phi) is 5.85. The molecule has 0 saturated carbocycles. The van der Waals surface area contributed by atoms with Crippen molar-refractivity contribution in [2.45, 2.75) is 64.0 Å². The fourth-order valence-electron chi connectivity index (χ4n) is 4.78. The van der Waals surface area contributed by atoms with Crippen molar-refractivity contribution in [3.05, 3.63) is 41.0 Å². The summed E-state index contributed by atoms with van der Waals surface area (Å²) in [5, 5.41) is 19.0. The maximum Gasteiger partial charge on any atom is 0.325 e. The van der Waals surface area contributed by atoms with Crippen molar-refractivity contribution in [2.24, 2.45) is 0 Å². The highest BCUT2D eigenvalue weighted by Gasteiger charge is 2.35. The second-order valence-corrected chi connectivity index (χ2v) is 8.23. The number of aliphatic carboxylic acids is 1. The fourth-order valence-corrected chi connectivity index (χ4v) is 4.78. The number of hydrogen-bond donors (Lipinski definition) is 1. The molecule has 4 rings (SSSR count). The third-order valence-corrected chi connectivity index (χ3v) is 6.31. The fraction of sp³-hybridized carbons (Fsp3) is 0.591. The molecule has 0 aliphatic carbocycles. The van der Waals surface area contributed by atoms with Crippen LogP contribution in [-0.2, 0) is 17.8 Å². The first-order valence-corrected chi connectivity index (χ1v) is 10.6. The van der Waals surface area contributed by atoms with Crippen molar-refractivity contribution in [3.8, 4) is 5.75 Å². The number of aryl methyl sites for hydroxylation is 2. The first kappa shape index (κ1) is 19.9. The van der Waals surface area contributed by atoms with Gasteiger partial charge >= 0.3 is 5.97 Å². The van der Waals surface area contributed by atoms with Crippen LogP contribution in [0.1, 0.15) is 66.8 Å². The summed E-state index contributed by atoms with van der Waals surface area (Å²) < 4.78 is 7.79. The minimum absolute atomic E-state index is 0.347. The first-order chi connectivity index (χ1) is 14.1. The average Bonchev–Trinajstić information content (AvgIpc) is 2.97. The van der Waals surface area contributed by atoms with Crippen molar-refractivity contribution < 1.29 is 14.6 Å². The molecule has 1 fully saturated rings. The number of carboxylic acids is 1. The molecular weight excluding hydrogens is 368 g/mol. The zero-order valence-electron chi connectivity index (χ0n) is 17.3. The normalized spacial score (nSPS) is 19.4. The van der Waals surface area contributed by atoms with E-state index >= 15 is 0 Å². The average molecular weight is 399 g/mol. The number of methoxy groups -OCH3 is 1. The maximum atomic E-state index is 12.2. The van der Waals surface area contributed by atoms with Crippen LogP contribution in [0.4, 0.5) is 0 Å². The molecule has 0 bridgehead atoms. The number of fused-ring (bicyclic) bond motifs is 1. The van der Waals surface area contributed by atoms with Crippen LogP contribution in [0.25, 0.3) is 0 Å². The minimum Gasteiger partial charge on any atom is -0.496 e. The standard InChI is InChI=1S/C22H30N4O3/c1-15-7-8-18(29-2)17(14-15)20(22(27)28)25-12-9-16(10-13-25)21-24-23-19-6-4-3-5-11-26(19)21/h7-8,14,16,20H,3-6,9-13H2,1-2H3,(H,27,28). The summed E-state index contributed by atoms with van der Waals surface area (Å²) in [6, 6.07) is 5.05. The van der Waals surface area contributed by atoms with Crippen LogP contribution in [0.3, 0.4) is 0 Å². The number of likely N-dealkylation sites (tertiary alicyclic amines) is 1. The van der Waals surface area contributed by atoms with E-state index in [1.54, 1.807) is 7.11 Å². The Morgan fingerprint density at radius 3 is 2.69 bits per heavy atom. The quantitative estimate of drug-likeness (QED) is 0.832. The largest absolute Gasteiger partial charge is 0.496 e. The number of hydrogen-bond acceptors (Lipinski definition) is 5. The Labute approximate surface area is 171 Å². The number of benzene rings is 1. The van der Waals surface area contributed by atoms with Crippen LogP contribution >= 0.6 is 0 Å². The van der Waals surface area contributed by atoms with Crippen molar-refractivity contribution in [2.75, 3.05) is 20.2 Å². The SMILES string of the molecule is COc1ccc(C)cc1C(C(=O)O)N1CCC(c2nnc3n2CCCCC3)CC1. The lowest BCUT2D eigenvalue weighted by Crippen LogP contribution is -2.40. The van der Waals surface area contributed by atoms with Crippen molar-refractivity contribution in [3.63, 3.8) is 0 Å². The molecule has 0 radical (unpaired) electrons. The van der Waals surface area contributed by atoms with Gasteiger partial charge in [0.1, 0.15) is 23.4 Å². The molecule has 1 atom stereocenters. The molecule has 1 saturated heterocycles. The molecule has 29 heavy (non-hydrogen) atoms. The molecule has 7 nitrogen and oxygen atoms in total. The molecule has 1 unspecified atom stereocenters. The molecule has 156 valence electrons. The molecule has 1 aromatic heterocycles. The van der Waals surface area contributed by atoms with E-state index in [1.165, 1.54) is 19.3 Å². The van der Waals surface area contributed by atoms with Gasteiger partial charge in [0, 0.05) is 24.4 Å². The predicted octanol–water partition coefficient (Wildman–Crippen LogP) is 3.33. The number of nitrogens with zero attached hydrogens (tertiary/aromatic N) is 4. The molecule has 1 aromatic carbocycles. The molecule has 7 heteroatoms. The maximum absolute atomic E-state index is 12.2. The van der Waals surface area contributed by atoms with Gasteiger partial charge in [0.05, 0.1) is 7.11 Å². The van der Waals surface area contributed by atoms with Gasteiger partial charge in [-0.1, -0.05) is 24.1 Å². The van der Waals surface area contributed by atoms with Gasteiger partial charge in [-0.05, 0) is 51.8 Å². The summed E-state index contributed by atoms with van der Waals surface area (Å²) in [7, 11) is 1.59. The zero-order valence-corrected chi connectivity index (χ0v) is 17.3. The van der Waals surface area contributed by atoms with Crippen molar-refractivity contribution in [1.82, 2.24) is 19.7 Å². The van der Waals surface area contributed by atoms with Gasteiger partial charge in [-0.25, -0.2) is 0 Å². The van der Waals surface area contributed by atoms with Gasteiger partial charge < -0.3 is 14.4 Å². The summed E-state index contributed by atoms with van der Waals surface area (Å²) in [5.74, 6) is 2.37. The number of ether oxygens (including phenoxy) is 1. The van der Waals surface area contributed by atoms with Crippen LogP contribution in [0, 0.1) is 6.92 Å². The second kappa shape index (κ2) is 8.53. The summed E-state index contributed by atoms with van der Waals surface area (Å²) >= 11 is 0. The molecule has 3 heterocycles. The van der Waals surface area contributed by atoms with E-state index in [-0.39, 0.29) is 0 Å². The topological polar surface area (TPSA) is 80.5 Å². The van der Waals surface area contributed by atoms with Gasteiger partial charge in [0.25, 0.3) is 0 Å². The van der Waals surface area contributed by atoms with Crippen LogP contribution in [-0.4, -0.2) is 50.9 Å². The lowest BCUT2D eigenvalue weighted by molar-refractivity contribution is -0.144. The minimum atomic E-state index is -0.830. The Bertz CT molecular complexity index is 871. The summed E-state index contributed by atoms with van der Waals surface area (Å²) in [6.45, 7) is 4.43. The van der Waals surface area contributed by atoms with E-state index in [1.807, 2.05) is 25.1 Å². The van der Waals surface area contributed by atoms with Crippen LogP contribution in [0.2, 0.25) is 0 Å². The number of rotatable bonds is 5. The van der Waals surface area contributed by atoms with Gasteiger partial charge in [0.15, 0.2) is 0 Å². The second-order valence-electron chi connectivity index (χ2n) is 8.23. The predicted molar refractivity (Wildman–Crippen MR) is 109 cm³/mol. The molecule has 1 N–H and O–H groups in total. The van der Waals surface area contributed by atoms with Crippen molar-refractivity contribution in [1.29, 1.82) is 0 Å². The Morgan fingerprint density at radius 2 is 1.97 bits per heavy atom. The van der Waals surface area contributed by atoms with E-state index in [9.17, 15) is 9.90 Å². The molecule has 0 amide bonds. The van der Waals surface area contributed by atoms with Crippen molar-refractivity contribution >= 4 is 5.97 Å². The first-order valence-electron chi connectivity index (χ1n) is 10.6. The van der Waals surface area contributed by atoms with Crippen LogP contribution in [0.5, 0.6) is 5.75 Å². The summed E-state index contributed by atoms with van der Waals surface area (Å²) in [4.78, 5) is 14.3. The highest BCUT2D eigenvalue weighted by molar-refractivity contribution is 5.77. The van der Waals surface area contributed by atoms with Gasteiger partial charge in [-0.2, -0.15) is 0 Å². The number of carbonyl (C=O) groups is 1. The van der Waals surface area contributed by atoms with E-state index < -0.39 is 12.0 Å². The zero-order chi connectivity index (χ0) is 20.4. The lowest BCUT2D eigenvalue weighted by Gasteiger charge is -2.36. The van der Waals surface area contributed by atoms with Crippen LogP contribution < -0.4 is 4.74 Å². The Balaban J connectivity index is 1.52.